The maximum absolute atomic E-state index is 11.5. The van der Waals surface area contributed by atoms with Crippen molar-refractivity contribution in [2.24, 2.45) is 5.73 Å². The summed E-state index contributed by atoms with van der Waals surface area (Å²) in [6.45, 7) is 4.16. The normalized spacial score (nSPS) is 21.9. The minimum Gasteiger partial charge on any atom is -0.327 e. The highest BCUT2D eigenvalue weighted by Crippen LogP contribution is 2.54. The van der Waals surface area contributed by atoms with Gasteiger partial charge in [0.05, 0.1) is 6.42 Å². The smallest absolute Gasteiger partial charge is 0.228 e. The van der Waals surface area contributed by atoms with E-state index in [0.29, 0.717) is 6.42 Å². The topological polar surface area (TPSA) is 55.1 Å². The molecule has 90 valence electrons. The molecule has 1 aromatic carbocycles. The van der Waals surface area contributed by atoms with Crippen LogP contribution in [0.15, 0.2) is 12.1 Å². The summed E-state index contributed by atoms with van der Waals surface area (Å²) in [6, 6.07) is 4.44. The lowest BCUT2D eigenvalue weighted by Gasteiger charge is -2.23. The number of aryl methyl sites for hydroxylation is 1. The second-order valence-corrected chi connectivity index (χ2v) is 5.52. The average Bonchev–Trinajstić information content (AvgIpc) is 2.96. The van der Waals surface area contributed by atoms with E-state index in [0.717, 1.165) is 24.1 Å². The van der Waals surface area contributed by atoms with E-state index in [9.17, 15) is 4.79 Å². The van der Waals surface area contributed by atoms with E-state index in [2.05, 4.69) is 31.3 Å². The zero-order valence-electron chi connectivity index (χ0n) is 10.3. The van der Waals surface area contributed by atoms with Crippen LogP contribution < -0.4 is 11.1 Å². The van der Waals surface area contributed by atoms with Crippen LogP contribution in [0.1, 0.15) is 36.5 Å². The van der Waals surface area contributed by atoms with Crippen molar-refractivity contribution in [3.05, 3.63) is 28.8 Å². The van der Waals surface area contributed by atoms with E-state index >= 15 is 0 Å². The molecule has 1 heterocycles. The molecule has 0 spiro atoms. The first kappa shape index (κ1) is 10.8. The number of benzene rings is 1. The van der Waals surface area contributed by atoms with Crippen LogP contribution in [-0.4, -0.2) is 11.9 Å². The Kier molecular flexibility index (Phi) is 2.11. The first-order valence-electron chi connectivity index (χ1n) is 6.22. The Morgan fingerprint density at radius 3 is 2.71 bits per heavy atom. The van der Waals surface area contributed by atoms with Gasteiger partial charge >= 0.3 is 0 Å². The number of rotatable bonds is 2. The number of amides is 1. The van der Waals surface area contributed by atoms with Crippen molar-refractivity contribution in [3.63, 3.8) is 0 Å². The second kappa shape index (κ2) is 3.33. The molecule has 1 saturated carbocycles. The van der Waals surface area contributed by atoms with Gasteiger partial charge in [-0.15, -0.1) is 0 Å². The van der Waals surface area contributed by atoms with Crippen molar-refractivity contribution >= 4 is 11.6 Å². The summed E-state index contributed by atoms with van der Waals surface area (Å²) in [7, 11) is 0. The third-order valence-electron chi connectivity index (χ3n) is 4.18. The van der Waals surface area contributed by atoms with Crippen molar-refractivity contribution in [1.82, 2.24) is 0 Å². The fourth-order valence-corrected chi connectivity index (χ4v) is 3.00. The number of nitrogens with two attached hydrogens (primary N) is 1. The maximum Gasteiger partial charge on any atom is 0.228 e. The summed E-state index contributed by atoms with van der Waals surface area (Å²) in [4.78, 5) is 11.5. The van der Waals surface area contributed by atoms with Gasteiger partial charge in [-0.1, -0.05) is 17.7 Å². The molecular formula is C14H18N2O. The second-order valence-electron chi connectivity index (χ2n) is 5.52. The predicted octanol–water partition coefficient (Wildman–Crippen LogP) is 1.87. The van der Waals surface area contributed by atoms with E-state index in [1.165, 1.54) is 11.1 Å². The van der Waals surface area contributed by atoms with Gasteiger partial charge < -0.3 is 11.1 Å². The molecule has 0 bridgehead atoms. The van der Waals surface area contributed by atoms with Crippen LogP contribution in [0, 0.1) is 6.92 Å². The van der Waals surface area contributed by atoms with Gasteiger partial charge in [0.1, 0.15) is 0 Å². The fourth-order valence-electron chi connectivity index (χ4n) is 3.00. The Hall–Kier alpha value is -1.35. The molecule has 1 aromatic rings. The van der Waals surface area contributed by atoms with E-state index in [-0.39, 0.29) is 17.4 Å². The van der Waals surface area contributed by atoms with Gasteiger partial charge in [0.15, 0.2) is 0 Å². The third kappa shape index (κ3) is 1.49. The number of hydrogen-bond donors (Lipinski definition) is 2. The highest BCUT2D eigenvalue weighted by molar-refractivity contribution is 6.00. The Balaban J connectivity index is 2.15. The molecule has 3 N–H and O–H groups in total. The first-order chi connectivity index (χ1) is 8.03. The van der Waals surface area contributed by atoms with Crippen molar-refractivity contribution in [3.8, 4) is 0 Å². The SMILES string of the molecule is Cc1cc2c(c(C3(C(C)N)CC3)c1)NC(=O)C2. The van der Waals surface area contributed by atoms with Gasteiger partial charge in [0, 0.05) is 17.1 Å². The summed E-state index contributed by atoms with van der Waals surface area (Å²) in [6.07, 6.45) is 2.78. The number of carbonyl (C=O) groups is 1. The summed E-state index contributed by atoms with van der Waals surface area (Å²) in [5.74, 6) is 0.104. The summed E-state index contributed by atoms with van der Waals surface area (Å²) in [5, 5.41) is 3.00. The quantitative estimate of drug-likeness (QED) is 0.815. The lowest BCUT2D eigenvalue weighted by atomic mass is 9.86. The first-order valence-corrected chi connectivity index (χ1v) is 6.22. The van der Waals surface area contributed by atoms with E-state index in [1.54, 1.807) is 0 Å². The fraction of sp³-hybridized carbons (Fsp3) is 0.500. The van der Waals surface area contributed by atoms with Crippen molar-refractivity contribution in [2.75, 3.05) is 5.32 Å². The number of fused-ring (bicyclic) bond motifs is 1. The van der Waals surface area contributed by atoms with E-state index < -0.39 is 0 Å². The zero-order valence-corrected chi connectivity index (χ0v) is 10.3. The molecule has 1 unspecified atom stereocenters. The highest BCUT2D eigenvalue weighted by atomic mass is 16.1. The maximum atomic E-state index is 11.5. The minimum atomic E-state index is 0.104. The van der Waals surface area contributed by atoms with Crippen molar-refractivity contribution in [1.29, 1.82) is 0 Å². The molecule has 3 nitrogen and oxygen atoms in total. The standard InChI is InChI=1S/C14H18N2O/c1-8-5-10-7-12(17)16-13(10)11(6-8)14(3-4-14)9(2)15/h5-6,9H,3-4,7,15H2,1-2H3,(H,16,17). The Bertz CT molecular complexity index is 501. The van der Waals surface area contributed by atoms with Crippen LogP contribution in [0.25, 0.3) is 0 Å². The van der Waals surface area contributed by atoms with Gasteiger partial charge in [-0.25, -0.2) is 0 Å². The monoisotopic (exact) mass is 230 g/mol. The van der Waals surface area contributed by atoms with E-state index in [1.807, 2.05) is 0 Å². The van der Waals surface area contributed by atoms with Gasteiger partial charge in [0.25, 0.3) is 0 Å². The summed E-state index contributed by atoms with van der Waals surface area (Å²) >= 11 is 0. The minimum absolute atomic E-state index is 0.104. The Labute approximate surface area is 101 Å². The highest BCUT2D eigenvalue weighted by Gasteiger charge is 2.49. The molecule has 1 aliphatic heterocycles. The number of anilines is 1. The molecule has 0 radical (unpaired) electrons. The van der Waals surface area contributed by atoms with Crippen LogP contribution in [0.5, 0.6) is 0 Å². The van der Waals surface area contributed by atoms with Crippen LogP contribution in [-0.2, 0) is 16.6 Å². The molecule has 3 rings (SSSR count). The number of nitrogens with one attached hydrogen (secondary N) is 1. The zero-order chi connectivity index (χ0) is 12.2. The number of hydrogen-bond acceptors (Lipinski definition) is 2. The van der Waals surface area contributed by atoms with Gasteiger partial charge in [0.2, 0.25) is 5.91 Å². The molecule has 1 aliphatic carbocycles. The van der Waals surface area contributed by atoms with Crippen molar-refractivity contribution < 1.29 is 4.79 Å². The largest absolute Gasteiger partial charge is 0.327 e. The molecule has 1 fully saturated rings. The van der Waals surface area contributed by atoms with Gasteiger partial charge in [-0.3, -0.25) is 4.79 Å². The van der Waals surface area contributed by atoms with Crippen molar-refractivity contribution in [2.45, 2.75) is 44.6 Å². The lowest BCUT2D eigenvalue weighted by Crippen LogP contribution is -2.32. The van der Waals surface area contributed by atoms with Crippen LogP contribution >= 0.6 is 0 Å². The Morgan fingerprint density at radius 2 is 2.12 bits per heavy atom. The molecular weight excluding hydrogens is 212 g/mol. The number of carbonyl (C=O) groups excluding carboxylic acids is 1. The third-order valence-corrected chi connectivity index (χ3v) is 4.18. The Morgan fingerprint density at radius 1 is 1.41 bits per heavy atom. The molecule has 3 heteroatoms. The summed E-state index contributed by atoms with van der Waals surface area (Å²) < 4.78 is 0. The van der Waals surface area contributed by atoms with Gasteiger partial charge in [-0.05, 0) is 37.8 Å². The van der Waals surface area contributed by atoms with Crippen LogP contribution in [0.3, 0.4) is 0 Å². The molecule has 0 aromatic heterocycles. The van der Waals surface area contributed by atoms with Crippen LogP contribution in [0.2, 0.25) is 0 Å². The predicted molar refractivity (Wildman–Crippen MR) is 68.1 cm³/mol. The van der Waals surface area contributed by atoms with E-state index in [4.69, 9.17) is 5.73 Å². The molecule has 2 aliphatic rings. The summed E-state index contributed by atoms with van der Waals surface area (Å²) in [5.41, 5.74) is 10.9. The average molecular weight is 230 g/mol. The van der Waals surface area contributed by atoms with Gasteiger partial charge in [-0.2, -0.15) is 0 Å². The molecule has 17 heavy (non-hydrogen) atoms. The lowest BCUT2D eigenvalue weighted by molar-refractivity contribution is -0.115. The molecule has 1 atom stereocenters. The molecule has 1 amide bonds. The van der Waals surface area contributed by atoms with Crippen LogP contribution in [0.4, 0.5) is 5.69 Å². The molecule has 0 saturated heterocycles.